The minimum absolute atomic E-state index is 0.0605. The number of likely N-dealkylation sites (tertiary alicyclic amines) is 1. The van der Waals surface area contributed by atoms with E-state index in [0.29, 0.717) is 42.0 Å². The molecule has 27 heavy (non-hydrogen) atoms. The minimum Gasteiger partial charge on any atom is -0.494 e. The zero-order chi connectivity index (χ0) is 19.0. The number of nitrogens with one attached hydrogen (secondary N) is 2. The van der Waals surface area contributed by atoms with Crippen molar-refractivity contribution in [3.63, 3.8) is 0 Å². The average Bonchev–Trinajstić information content (AvgIpc) is 3.28. The third-order valence-corrected chi connectivity index (χ3v) is 5.27. The molecule has 2 aliphatic heterocycles. The molecule has 4 rings (SSSR count). The van der Waals surface area contributed by atoms with E-state index in [-0.39, 0.29) is 23.5 Å². The van der Waals surface area contributed by atoms with E-state index in [1.54, 1.807) is 12.0 Å². The standard InChI is InChI=1S/C19H22N4O4/c1-3-15(24)23-10-19(11-23)8-7-12(27-19)9-20-18(25)17-13-5-4-6-14(26-2)16(13)21-22-17/h3-6,12H,1,7-11H2,2H3,(H,20,25)(H,21,22). The first kappa shape index (κ1) is 17.5. The van der Waals surface area contributed by atoms with Gasteiger partial charge in [0.1, 0.15) is 16.9 Å². The van der Waals surface area contributed by atoms with Crippen LogP contribution in [0.1, 0.15) is 23.3 Å². The lowest BCUT2D eigenvalue weighted by Crippen LogP contribution is -2.63. The van der Waals surface area contributed by atoms with Crippen LogP contribution in [0.3, 0.4) is 0 Å². The van der Waals surface area contributed by atoms with Crippen molar-refractivity contribution < 1.29 is 19.1 Å². The zero-order valence-corrected chi connectivity index (χ0v) is 15.2. The van der Waals surface area contributed by atoms with E-state index in [1.165, 1.54) is 6.08 Å². The Bertz CT molecular complexity index is 900. The van der Waals surface area contributed by atoms with E-state index in [4.69, 9.17) is 9.47 Å². The topological polar surface area (TPSA) is 96.6 Å². The quantitative estimate of drug-likeness (QED) is 0.772. The molecule has 1 spiro atoms. The van der Waals surface area contributed by atoms with Crippen LogP contribution in [-0.4, -0.2) is 65.4 Å². The van der Waals surface area contributed by atoms with Gasteiger partial charge < -0.3 is 19.7 Å². The number of hydrogen-bond acceptors (Lipinski definition) is 5. The third kappa shape index (κ3) is 3.06. The molecule has 1 unspecified atom stereocenters. The molecule has 2 fully saturated rings. The monoisotopic (exact) mass is 370 g/mol. The fourth-order valence-corrected chi connectivity index (χ4v) is 3.86. The van der Waals surface area contributed by atoms with Crippen molar-refractivity contribution in [3.8, 4) is 5.75 Å². The highest BCUT2D eigenvalue weighted by molar-refractivity contribution is 6.05. The Kier molecular flexibility index (Phi) is 4.35. The predicted molar refractivity (Wildman–Crippen MR) is 98.6 cm³/mol. The number of nitrogens with zero attached hydrogens (tertiary/aromatic N) is 2. The van der Waals surface area contributed by atoms with E-state index < -0.39 is 0 Å². The molecular formula is C19H22N4O4. The fraction of sp³-hybridized carbons (Fsp3) is 0.421. The van der Waals surface area contributed by atoms with Crippen molar-refractivity contribution in [2.45, 2.75) is 24.5 Å². The number of aromatic nitrogens is 2. The lowest BCUT2D eigenvalue weighted by Gasteiger charge is -2.47. The van der Waals surface area contributed by atoms with Crippen LogP contribution in [0.15, 0.2) is 30.9 Å². The molecule has 2 N–H and O–H groups in total. The molecule has 3 heterocycles. The van der Waals surface area contributed by atoms with Gasteiger partial charge in [-0.2, -0.15) is 5.10 Å². The van der Waals surface area contributed by atoms with Gasteiger partial charge in [-0.1, -0.05) is 18.7 Å². The summed E-state index contributed by atoms with van der Waals surface area (Å²) >= 11 is 0. The summed E-state index contributed by atoms with van der Waals surface area (Å²) in [5.74, 6) is 0.321. The number of H-pyrrole nitrogens is 1. The summed E-state index contributed by atoms with van der Waals surface area (Å²) in [7, 11) is 1.58. The Morgan fingerprint density at radius 1 is 1.52 bits per heavy atom. The Balaban J connectivity index is 1.34. The molecule has 2 saturated heterocycles. The van der Waals surface area contributed by atoms with E-state index in [1.807, 2.05) is 18.2 Å². The fourth-order valence-electron chi connectivity index (χ4n) is 3.86. The van der Waals surface area contributed by atoms with Crippen molar-refractivity contribution in [1.82, 2.24) is 20.4 Å². The number of methoxy groups -OCH3 is 1. The Labute approximate surface area is 156 Å². The second-order valence-electron chi connectivity index (χ2n) is 7.03. The average molecular weight is 370 g/mol. The van der Waals surface area contributed by atoms with Crippen LogP contribution in [-0.2, 0) is 9.53 Å². The lowest BCUT2D eigenvalue weighted by atomic mass is 9.90. The number of para-hydroxylation sites is 1. The molecule has 0 aliphatic carbocycles. The molecule has 1 aromatic carbocycles. The van der Waals surface area contributed by atoms with Gasteiger partial charge in [-0.05, 0) is 25.0 Å². The van der Waals surface area contributed by atoms with Crippen LogP contribution >= 0.6 is 0 Å². The van der Waals surface area contributed by atoms with Gasteiger partial charge in [0.25, 0.3) is 5.91 Å². The summed E-state index contributed by atoms with van der Waals surface area (Å²) < 4.78 is 11.4. The summed E-state index contributed by atoms with van der Waals surface area (Å²) in [5.41, 5.74) is 0.770. The molecule has 2 amide bonds. The van der Waals surface area contributed by atoms with Crippen molar-refractivity contribution in [2.75, 3.05) is 26.7 Å². The third-order valence-electron chi connectivity index (χ3n) is 5.27. The normalized spacial score (nSPS) is 20.5. The smallest absolute Gasteiger partial charge is 0.272 e. The van der Waals surface area contributed by atoms with E-state index in [0.717, 1.165) is 12.8 Å². The minimum atomic E-state index is -0.263. The van der Waals surface area contributed by atoms with Crippen LogP contribution < -0.4 is 10.1 Å². The number of fused-ring (bicyclic) bond motifs is 1. The number of ether oxygens (including phenoxy) is 2. The summed E-state index contributed by atoms with van der Waals surface area (Å²) in [6.07, 6.45) is 3.00. The molecular weight excluding hydrogens is 348 g/mol. The molecule has 1 aromatic heterocycles. The maximum absolute atomic E-state index is 12.5. The molecule has 0 radical (unpaired) electrons. The van der Waals surface area contributed by atoms with Gasteiger partial charge in [0.2, 0.25) is 5.91 Å². The van der Waals surface area contributed by atoms with Gasteiger partial charge in [-0.15, -0.1) is 0 Å². The highest BCUT2D eigenvalue weighted by Crippen LogP contribution is 2.38. The number of amides is 2. The number of hydrogen-bond donors (Lipinski definition) is 2. The second-order valence-corrected chi connectivity index (χ2v) is 7.03. The van der Waals surface area contributed by atoms with Crippen molar-refractivity contribution in [3.05, 3.63) is 36.5 Å². The summed E-state index contributed by atoms with van der Waals surface area (Å²) in [6.45, 7) is 5.09. The first-order valence-corrected chi connectivity index (χ1v) is 8.94. The molecule has 0 bridgehead atoms. The molecule has 142 valence electrons. The van der Waals surface area contributed by atoms with Gasteiger partial charge in [-0.25, -0.2) is 0 Å². The van der Waals surface area contributed by atoms with Gasteiger partial charge in [0.05, 0.1) is 26.3 Å². The Hall–Kier alpha value is -2.87. The highest BCUT2D eigenvalue weighted by atomic mass is 16.5. The van der Waals surface area contributed by atoms with E-state index in [2.05, 4.69) is 22.1 Å². The molecule has 1 atom stereocenters. The van der Waals surface area contributed by atoms with E-state index in [9.17, 15) is 9.59 Å². The van der Waals surface area contributed by atoms with Crippen LogP contribution in [0.5, 0.6) is 5.75 Å². The summed E-state index contributed by atoms with van der Waals surface area (Å²) in [5, 5.41) is 10.6. The maximum Gasteiger partial charge on any atom is 0.272 e. The van der Waals surface area contributed by atoms with Gasteiger partial charge in [0.15, 0.2) is 5.69 Å². The Morgan fingerprint density at radius 2 is 2.33 bits per heavy atom. The second kappa shape index (κ2) is 6.70. The van der Waals surface area contributed by atoms with Gasteiger partial charge in [-0.3, -0.25) is 14.7 Å². The number of aromatic amines is 1. The van der Waals surface area contributed by atoms with Gasteiger partial charge >= 0.3 is 0 Å². The zero-order valence-electron chi connectivity index (χ0n) is 15.2. The molecule has 0 saturated carbocycles. The van der Waals surface area contributed by atoms with Crippen molar-refractivity contribution >= 4 is 22.7 Å². The van der Waals surface area contributed by atoms with Gasteiger partial charge in [0, 0.05) is 11.9 Å². The predicted octanol–water partition coefficient (Wildman–Crippen LogP) is 1.25. The summed E-state index contributed by atoms with van der Waals surface area (Å²) in [4.78, 5) is 25.9. The first-order valence-electron chi connectivity index (χ1n) is 8.94. The number of benzene rings is 1. The highest BCUT2D eigenvalue weighted by Gasteiger charge is 2.50. The van der Waals surface area contributed by atoms with Crippen molar-refractivity contribution in [1.29, 1.82) is 0 Å². The van der Waals surface area contributed by atoms with E-state index >= 15 is 0 Å². The lowest BCUT2D eigenvalue weighted by molar-refractivity contribution is -0.159. The molecule has 8 nitrogen and oxygen atoms in total. The summed E-state index contributed by atoms with van der Waals surface area (Å²) in [6, 6.07) is 5.47. The number of carbonyl (C=O) groups excluding carboxylic acids is 2. The van der Waals surface area contributed by atoms with Crippen molar-refractivity contribution in [2.24, 2.45) is 0 Å². The number of rotatable bonds is 5. The maximum atomic E-state index is 12.5. The molecule has 2 aliphatic rings. The van der Waals surface area contributed by atoms with Crippen LogP contribution in [0, 0.1) is 0 Å². The largest absolute Gasteiger partial charge is 0.494 e. The molecule has 8 heteroatoms. The number of carbonyl (C=O) groups is 2. The first-order chi connectivity index (χ1) is 13.0. The van der Waals surface area contributed by atoms with Crippen LogP contribution in [0.25, 0.3) is 10.9 Å². The Morgan fingerprint density at radius 3 is 3.07 bits per heavy atom. The SMILES string of the molecule is C=CC(=O)N1CC2(CCC(CNC(=O)c3n[nH]c4c(OC)cccc34)O2)C1. The van der Waals surface area contributed by atoms with Crippen LogP contribution in [0.2, 0.25) is 0 Å². The van der Waals surface area contributed by atoms with Crippen LogP contribution in [0.4, 0.5) is 0 Å². The molecule has 2 aromatic rings.